The van der Waals surface area contributed by atoms with Crippen LogP contribution in [0.4, 0.5) is 5.95 Å². The molecule has 0 aliphatic rings. The van der Waals surface area contributed by atoms with E-state index in [2.05, 4.69) is 27.4 Å². The molecule has 0 aliphatic heterocycles. The first-order valence-corrected chi connectivity index (χ1v) is 9.10. The number of nitrogens with one attached hydrogen (secondary N) is 2. The molecule has 2 N–H and O–H groups in total. The number of imidazole rings is 1. The van der Waals surface area contributed by atoms with Crippen molar-refractivity contribution >= 4 is 22.8 Å². The maximum atomic E-state index is 12.4. The van der Waals surface area contributed by atoms with E-state index in [9.17, 15) is 9.59 Å². The van der Waals surface area contributed by atoms with Crippen molar-refractivity contribution in [2.24, 2.45) is 12.1 Å². The summed E-state index contributed by atoms with van der Waals surface area (Å²) in [6.07, 6.45) is 1.82. The molecule has 2 heterocycles. The molecule has 9 nitrogen and oxygen atoms in total. The summed E-state index contributed by atoms with van der Waals surface area (Å²) in [5.41, 5.74) is 4.36. The number of unbranched alkanes of at least 4 members (excludes halogenated alkanes) is 1. The fourth-order valence-corrected chi connectivity index (χ4v) is 2.88. The van der Waals surface area contributed by atoms with Crippen molar-refractivity contribution in [2.75, 3.05) is 12.5 Å². The summed E-state index contributed by atoms with van der Waals surface area (Å²) in [6.45, 7) is 4.53. The van der Waals surface area contributed by atoms with Crippen molar-refractivity contribution in [3.05, 3.63) is 50.7 Å². The molecule has 0 radical (unpaired) electrons. The average Bonchev–Trinajstić information content (AvgIpc) is 3.07. The van der Waals surface area contributed by atoms with E-state index in [1.54, 1.807) is 18.7 Å². The Morgan fingerprint density at radius 3 is 2.64 bits per heavy atom. The minimum Gasteiger partial charge on any atom is -0.497 e. The zero-order valence-corrected chi connectivity index (χ0v) is 16.4. The number of fused-ring (bicyclic) bond motifs is 1. The molecule has 0 unspecified atom stereocenters. The number of hydrazone groups is 1. The molecule has 148 valence electrons. The Morgan fingerprint density at radius 1 is 1.29 bits per heavy atom. The molecule has 0 saturated heterocycles. The quantitative estimate of drug-likeness (QED) is 0.479. The van der Waals surface area contributed by atoms with E-state index in [4.69, 9.17) is 4.74 Å². The first-order valence-electron chi connectivity index (χ1n) is 9.10. The predicted octanol–water partition coefficient (Wildman–Crippen LogP) is 2.07. The smallest absolute Gasteiger partial charge is 0.329 e. The minimum atomic E-state index is -0.498. The van der Waals surface area contributed by atoms with Crippen LogP contribution in [0, 0.1) is 0 Å². The van der Waals surface area contributed by atoms with Crippen LogP contribution in [0.25, 0.3) is 11.2 Å². The Kier molecular flexibility index (Phi) is 5.62. The van der Waals surface area contributed by atoms with Crippen LogP contribution in [0.5, 0.6) is 5.75 Å². The number of aryl methyl sites for hydroxylation is 2. The normalized spacial score (nSPS) is 11.8. The summed E-state index contributed by atoms with van der Waals surface area (Å²) in [6, 6.07) is 7.54. The van der Waals surface area contributed by atoms with Gasteiger partial charge in [0.25, 0.3) is 5.56 Å². The minimum absolute atomic E-state index is 0.324. The van der Waals surface area contributed by atoms with Crippen LogP contribution < -0.4 is 21.4 Å². The second-order valence-electron chi connectivity index (χ2n) is 6.47. The molecule has 0 amide bonds. The summed E-state index contributed by atoms with van der Waals surface area (Å²) in [7, 11) is 3.20. The number of anilines is 1. The Bertz CT molecular complexity index is 1120. The van der Waals surface area contributed by atoms with Gasteiger partial charge in [-0.1, -0.05) is 13.3 Å². The SMILES string of the molecule is CCCCn1c(N/N=C(/C)c2ccc(OC)cc2)nc2c1c(=O)[nH]c(=O)n2C. The summed E-state index contributed by atoms with van der Waals surface area (Å²) < 4.78 is 8.26. The molecule has 0 atom stereocenters. The van der Waals surface area contributed by atoms with Crippen molar-refractivity contribution in [1.82, 2.24) is 19.1 Å². The van der Waals surface area contributed by atoms with E-state index < -0.39 is 11.2 Å². The summed E-state index contributed by atoms with van der Waals surface area (Å²) in [4.78, 5) is 31.0. The highest BCUT2D eigenvalue weighted by atomic mass is 16.5. The van der Waals surface area contributed by atoms with Crippen LogP contribution in [0.1, 0.15) is 32.3 Å². The second kappa shape index (κ2) is 8.12. The van der Waals surface area contributed by atoms with Gasteiger partial charge in [-0.05, 0) is 43.2 Å². The third-order valence-corrected chi connectivity index (χ3v) is 4.57. The van der Waals surface area contributed by atoms with Gasteiger partial charge in [-0.15, -0.1) is 0 Å². The highest BCUT2D eigenvalue weighted by molar-refractivity contribution is 5.99. The first-order chi connectivity index (χ1) is 13.5. The fourth-order valence-electron chi connectivity index (χ4n) is 2.88. The molecule has 2 aromatic heterocycles. The lowest BCUT2D eigenvalue weighted by Crippen LogP contribution is -2.29. The maximum Gasteiger partial charge on any atom is 0.329 e. The molecule has 0 fully saturated rings. The fraction of sp³-hybridized carbons (Fsp3) is 0.368. The second-order valence-corrected chi connectivity index (χ2v) is 6.47. The van der Waals surface area contributed by atoms with Gasteiger partial charge in [0, 0.05) is 13.6 Å². The largest absolute Gasteiger partial charge is 0.497 e. The monoisotopic (exact) mass is 384 g/mol. The van der Waals surface area contributed by atoms with Crippen LogP contribution >= 0.6 is 0 Å². The van der Waals surface area contributed by atoms with Crippen molar-refractivity contribution < 1.29 is 4.74 Å². The predicted molar refractivity (Wildman–Crippen MR) is 109 cm³/mol. The van der Waals surface area contributed by atoms with E-state index in [0.717, 1.165) is 29.9 Å². The van der Waals surface area contributed by atoms with Gasteiger partial charge >= 0.3 is 5.69 Å². The number of nitrogens with zero attached hydrogens (tertiary/aromatic N) is 4. The number of rotatable bonds is 7. The van der Waals surface area contributed by atoms with Crippen LogP contribution in [0.2, 0.25) is 0 Å². The molecular weight excluding hydrogens is 360 g/mol. The highest BCUT2D eigenvalue weighted by Crippen LogP contribution is 2.17. The number of hydrogen-bond donors (Lipinski definition) is 2. The maximum absolute atomic E-state index is 12.4. The molecule has 0 bridgehead atoms. The molecule has 3 rings (SSSR count). The van der Waals surface area contributed by atoms with E-state index in [-0.39, 0.29) is 0 Å². The van der Waals surface area contributed by atoms with Gasteiger partial charge in [0.05, 0.1) is 12.8 Å². The Morgan fingerprint density at radius 2 is 2.00 bits per heavy atom. The van der Waals surface area contributed by atoms with Crippen molar-refractivity contribution in [2.45, 2.75) is 33.2 Å². The summed E-state index contributed by atoms with van der Waals surface area (Å²) >= 11 is 0. The van der Waals surface area contributed by atoms with E-state index in [1.165, 1.54) is 4.57 Å². The molecule has 1 aromatic carbocycles. The average molecular weight is 384 g/mol. The first kappa shape index (κ1) is 19.4. The number of hydrogen-bond acceptors (Lipinski definition) is 6. The van der Waals surface area contributed by atoms with Gasteiger partial charge in [-0.3, -0.25) is 14.3 Å². The molecule has 0 aliphatic carbocycles. The lowest BCUT2D eigenvalue weighted by Gasteiger charge is -2.08. The van der Waals surface area contributed by atoms with E-state index in [0.29, 0.717) is 23.7 Å². The number of methoxy groups -OCH3 is 1. The topological polar surface area (TPSA) is 106 Å². The zero-order valence-electron chi connectivity index (χ0n) is 16.4. The number of ether oxygens (including phenoxy) is 1. The number of benzene rings is 1. The standard InChI is InChI=1S/C19H24N6O3/c1-5-6-11-25-15-16(24(3)19(27)21-17(15)26)20-18(25)23-22-12(2)13-7-9-14(28-4)10-8-13/h7-10H,5-6,11H2,1-4H3,(H,20,23)(H,21,26,27)/b22-12-. The van der Waals surface area contributed by atoms with Crippen molar-refractivity contribution in [3.63, 3.8) is 0 Å². The van der Waals surface area contributed by atoms with Crippen molar-refractivity contribution in [1.29, 1.82) is 0 Å². The zero-order chi connectivity index (χ0) is 20.3. The lowest BCUT2D eigenvalue weighted by molar-refractivity contribution is 0.415. The Balaban J connectivity index is 2.01. The summed E-state index contributed by atoms with van der Waals surface area (Å²) in [5, 5.41) is 4.41. The van der Waals surface area contributed by atoms with Crippen LogP contribution in [-0.2, 0) is 13.6 Å². The Labute approximate surface area is 161 Å². The third-order valence-electron chi connectivity index (χ3n) is 4.57. The molecular formula is C19H24N6O3. The van der Waals surface area contributed by atoms with Gasteiger partial charge in [-0.2, -0.15) is 10.1 Å². The molecule has 0 spiro atoms. The van der Waals surface area contributed by atoms with Crippen LogP contribution in [-0.4, -0.2) is 31.9 Å². The molecule has 3 aromatic rings. The molecule has 9 heteroatoms. The highest BCUT2D eigenvalue weighted by Gasteiger charge is 2.16. The molecule has 28 heavy (non-hydrogen) atoms. The van der Waals surface area contributed by atoms with E-state index >= 15 is 0 Å². The summed E-state index contributed by atoms with van der Waals surface area (Å²) in [5.74, 6) is 1.19. The number of H-pyrrole nitrogens is 1. The van der Waals surface area contributed by atoms with Gasteiger partial charge in [-0.25, -0.2) is 10.2 Å². The number of aromatic amines is 1. The Hall–Kier alpha value is -3.36. The van der Waals surface area contributed by atoms with Gasteiger partial charge in [0.15, 0.2) is 11.2 Å². The van der Waals surface area contributed by atoms with E-state index in [1.807, 2.05) is 31.2 Å². The van der Waals surface area contributed by atoms with Gasteiger partial charge in [0.1, 0.15) is 5.75 Å². The van der Waals surface area contributed by atoms with Crippen LogP contribution in [0.3, 0.4) is 0 Å². The van der Waals surface area contributed by atoms with Gasteiger partial charge in [0.2, 0.25) is 5.95 Å². The number of aromatic nitrogens is 4. The van der Waals surface area contributed by atoms with Crippen LogP contribution in [0.15, 0.2) is 39.0 Å². The van der Waals surface area contributed by atoms with Crippen molar-refractivity contribution in [3.8, 4) is 5.75 Å². The third kappa shape index (κ3) is 3.68. The lowest BCUT2D eigenvalue weighted by atomic mass is 10.1. The van der Waals surface area contributed by atoms with Gasteiger partial charge < -0.3 is 9.30 Å². The molecule has 0 saturated carbocycles.